The molecule has 0 fully saturated rings. The second-order valence-corrected chi connectivity index (χ2v) is 5.13. The summed E-state index contributed by atoms with van der Waals surface area (Å²) in [6.07, 6.45) is 0. The zero-order valence-corrected chi connectivity index (χ0v) is 11.8. The third-order valence-corrected chi connectivity index (χ3v) is 2.73. The number of rotatable bonds is 5. The minimum atomic E-state index is 0.155. The predicted octanol–water partition coefficient (Wildman–Crippen LogP) is 3.75. The quantitative estimate of drug-likeness (QED) is 0.573. The molecule has 0 aliphatic heterocycles. The minimum Gasteiger partial charge on any atom is -0.508 e. The van der Waals surface area contributed by atoms with Crippen LogP contribution < -0.4 is 15.8 Å². The first-order valence-corrected chi connectivity index (χ1v) is 6.63. The number of ether oxygens (including phenoxy) is 1. The topological polar surface area (TPSA) is 67.5 Å². The zero-order chi connectivity index (χ0) is 14.5. The Morgan fingerprint density at radius 2 is 2.00 bits per heavy atom. The van der Waals surface area contributed by atoms with E-state index in [0.717, 1.165) is 17.1 Å². The predicted molar refractivity (Wildman–Crippen MR) is 82.6 cm³/mol. The summed E-state index contributed by atoms with van der Waals surface area (Å²) in [4.78, 5) is 0. The van der Waals surface area contributed by atoms with Gasteiger partial charge in [-0.1, -0.05) is 19.9 Å². The lowest BCUT2D eigenvalue weighted by Crippen LogP contribution is -2.04. The molecule has 106 valence electrons. The maximum Gasteiger partial charge on any atom is 0.121 e. The van der Waals surface area contributed by atoms with E-state index < -0.39 is 0 Å². The number of nitrogens with two attached hydrogens (primary N) is 1. The van der Waals surface area contributed by atoms with Crippen LogP contribution in [0.4, 0.5) is 17.1 Å². The number of hydrogen-bond donors (Lipinski definition) is 3. The Balaban J connectivity index is 2.11. The highest BCUT2D eigenvalue weighted by Gasteiger charge is 2.03. The van der Waals surface area contributed by atoms with Crippen molar-refractivity contribution in [2.24, 2.45) is 5.92 Å². The van der Waals surface area contributed by atoms with Gasteiger partial charge < -0.3 is 20.9 Å². The molecule has 0 aliphatic carbocycles. The minimum absolute atomic E-state index is 0.155. The van der Waals surface area contributed by atoms with Gasteiger partial charge in [-0.05, 0) is 30.2 Å². The van der Waals surface area contributed by atoms with Gasteiger partial charge in [-0.25, -0.2) is 0 Å². The van der Waals surface area contributed by atoms with Crippen molar-refractivity contribution < 1.29 is 9.84 Å². The van der Waals surface area contributed by atoms with Crippen LogP contribution in [0, 0.1) is 5.92 Å². The second kappa shape index (κ2) is 6.19. The van der Waals surface area contributed by atoms with Gasteiger partial charge >= 0.3 is 0 Å². The molecule has 0 heterocycles. The van der Waals surface area contributed by atoms with E-state index >= 15 is 0 Å². The molecular formula is C16H20N2O2. The van der Waals surface area contributed by atoms with Crippen molar-refractivity contribution in [3.05, 3.63) is 42.5 Å². The largest absolute Gasteiger partial charge is 0.508 e. The van der Waals surface area contributed by atoms with Crippen LogP contribution in [-0.4, -0.2) is 11.7 Å². The van der Waals surface area contributed by atoms with Gasteiger partial charge in [0.05, 0.1) is 18.0 Å². The standard InChI is InChI=1S/C16H20N2O2/c1-11(2)10-20-14-5-3-4-12(8-14)18-16-7-6-13(19)9-15(16)17/h3-9,11,18-19H,10,17H2,1-2H3. The van der Waals surface area contributed by atoms with E-state index in [-0.39, 0.29) is 5.75 Å². The summed E-state index contributed by atoms with van der Waals surface area (Å²) < 4.78 is 5.68. The molecular weight excluding hydrogens is 252 g/mol. The third-order valence-electron chi connectivity index (χ3n) is 2.73. The lowest BCUT2D eigenvalue weighted by atomic mass is 10.2. The molecule has 4 heteroatoms. The maximum absolute atomic E-state index is 9.34. The molecule has 0 saturated carbocycles. The van der Waals surface area contributed by atoms with Crippen LogP contribution in [0.15, 0.2) is 42.5 Å². The van der Waals surface area contributed by atoms with Crippen molar-refractivity contribution in [2.75, 3.05) is 17.7 Å². The number of aromatic hydroxyl groups is 1. The van der Waals surface area contributed by atoms with Gasteiger partial charge in [-0.15, -0.1) is 0 Å². The van der Waals surface area contributed by atoms with Crippen LogP contribution in [0.2, 0.25) is 0 Å². The molecule has 0 spiro atoms. The summed E-state index contributed by atoms with van der Waals surface area (Å²) in [7, 11) is 0. The van der Waals surface area contributed by atoms with Crippen LogP contribution in [0.1, 0.15) is 13.8 Å². The Labute approximate surface area is 119 Å². The van der Waals surface area contributed by atoms with Crippen molar-refractivity contribution in [3.8, 4) is 11.5 Å². The summed E-state index contributed by atoms with van der Waals surface area (Å²) in [5.41, 5.74) is 8.00. The number of benzene rings is 2. The Morgan fingerprint density at radius 3 is 2.70 bits per heavy atom. The van der Waals surface area contributed by atoms with Crippen LogP contribution >= 0.6 is 0 Å². The molecule has 0 aliphatic rings. The van der Waals surface area contributed by atoms with Gasteiger partial charge in [0.1, 0.15) is 11.5 Å². The first kappa shape index (κ1) is 14.1. The summed E-state index contributed by atoms with van der Waals surface area (Å²) in [6.45, 7) is 4.91. The molecule has 0 unspecified atom stereocenters. The summed E-state index contributed by atoms with van der Waals surface area (Å²) >= 11 is 0. The summed E-state index contributed by atoms with van der Waals surface area (Å²) in [5, 5.41) is 12.6. The van der Waals surface area contributed by atoms with Gasteiger partial charge in [0.15, 0.2) is 0 Å². The number of nitrogen functional groups attached to an aromatic ring is 1. The number of hydrogen-bond acceptors (Lipinski definition) is 4. The molecule has 0 radical (unpaired) electrons. The number of phenols is 1. The van der Waals surface area contributed by atoms with Gasteiger partial charge in [-0.2, -0.15) is 0 Å². The normalized spacial score (nSPS) is 10.6. The Kier molecular flexibility index (Phi) is 4.35. The fourth-order valence-electron chi connectivity index (χ4n) is 1.75. The first-order chi connectivity index (χ1) is 9.54. The van der Waals surface area contributed by atoms with E-state index in [4.69, 9.17) is 10.5 Å². The monoisotopic (exact) mass is 272 g/mol. The lowest BCUT2D eigenvalue weighted by Gasteiger charge is -2.12. The second-order valence-electron chi connectivity index (χ2n) is 5.13. The van der Waals surface area contributed by atoms with Crippen molar-refractivity contribution in [2.45, 2.75) is 13.8 Å². The van der Waals surface area contributed by atoms with Crippen molar-refractivity contribution >= 4 is 17.1 Å². The average Bonchev–Trinajstić information content (AvgIpc) is 2.40. The Bertz CT molecular complexity index is 582. The van der Waals surface area contributed by atoms with Gasteiger partial charge in [0.2, 0.25) is 0 Å². The van der Waals surface area contributed by atoms with Crippen molar-refractivity contribution in [3.63, 3.8) is 0 Å². The van der Waals surface area contributed by atoms with Crippen LogP contribution in [0.25, 0.3) is 0 Å². The fourth-order valence-corrected chi connectivity index (χ4v) is 1.75. The molecule has 4 N–H and O–H groups in total. The molecule has 0 saturated heterocycles. The van der Waals surface area contributed by atoms with Gasteiger partial charge in [-0.3, -0.25) is 0 Å². The molecule has 0 amide bonds. The number of nitrogens with one attached hydrogen (secondary N) is 1. The molecule has 2 rings (SSSR count). The van der Waals surface area contributed by atoms with E-state index in [1.54, 1.807) is 12.1 Å². The molecule has 4 nitrogen and oxygen atoms in total. The summed E-state index contributed by atoms with van der Waals surface area (Å²) in [6, 6.07) is 12.6. The zero-order valence-electron chi connectivity index (χ0n) is 11.8. The molecule has 0 atom stereocenters. The Hall–Kier alpha value is -2.36. The van der Waals surface area contributed by atoms with Crippen LogP contribution in [-0.2, 0) is 0 Å². The van der Waals surface area contributed by atoms with Gasteiger partial charge in [0, 0.05) is 17.8 Å². The van der Waals surface area contributed by atoms with Crippen LogP contribution in [0.5, 0.6) is 11.5 Å². The number of anilines is 3. The fraction of sp³-hybridized carbons (Fsp3) is 0.250. The third kappa shape index (κ3) is 3.82. The molecule has 2 aromatic rings. The SMILES string of the molecule is CC(C)COc1cccc(Nc2ccc(O)cc2N)c1. The first-order valence-electron chi connectivity index (χ1n) is 6.63. The average molecular weight is 272 g/mol. The molecule has 2 aromatic carbocycles. The summed E-state index contributed by atoms with van der Waals surface area (Å²) in [5.74, 6) is 1.46. The lowest BCUT2D eigenvalue weighted by molar-refractivity contribution is 0.271. The van der Waals surface area contributed by atoms with Crippen LogP contribution in [0.3, 0.4) is 0 Å². The van der Waals surface area contributed by atoms with Crippen molar-refractivity contribution in [1.29, 1.82) is 0 Å². The number of phenolic OH excluding ortho intramolecular Hbond substituents is 1. The maximum atomic E-state index is 9.34. The van der Waals surface area contributed by atoms with E-state index in [9.17, 15) is 5.11 Å². The highest BCUT2D eigenvalue weighted by molar-refractivity contribution is 5.74. The highest BCUT2D eigenvalue weighted by Crippen LogP contribution is 2.28. The smallest absolute Gasteiger partial charge is 0.121 e. The molecule has 20 heavy (non-hydrogen) atoms. The van der Waals surface area contributed by atoms with Crippen molar-refractivity contribution in [1.82, 2.24) is 0 Å². The molecule has 0 bridgehead atoms. The molecule has 0 aromatic heterocycles. The van der Waals surface area contributed by atoms with E-state index in [2.05, 4.69) is 19.2 Å². The van der Waals surface area contributed by atoms with E-state index in [1.165, 1.54) is 6.07 Å². The van der Waals surface area contributed by atoms with E-state index in [0.29, 0.717) is 18.2 Å². The van der Waals surface area contributed by atoms with Gasteiger partial charge in [0.25, 0.3) is 0 Å². The van der Waals surface area contributed by atoms with E-state index in [1.807, 2.05) is 24.3 Å². The Morgan fingerprint density at radius 1 is 1.20 bits per heavy atom. The highest BCUT2D eigenvalue weighted by atomic mass is 16.5.